The summed E-state index contributed by atoms with van der Waals surface area (Å²) in [6, 6.07) is 21.1. The summed E-state index contributed by atoms with van der Waals surface area (Å²) < 4.78 is 28.6. The van der Waals surface area contributed by atoms with Crippen LogP contribution >= 0.6 is 11.6 Å². The van der Waals surface area contributed by atoms with E-state index in [0.717, 1.165) is 21.9 Å². The zero-order chi connectivity index (χ0) is 25.4. The molecular weight excluding hydrogens is 494 g/mol. The van der Waals surface area contributed by atoms with E-state index < -0.39 is 10.0 Å². The van der Waals surface area contributed by atoms with Gasteiger partial charge in [0.25, 0.3) is 5.91 Å². The number of benzene rings is 3. The number of fused-ring (bicyclic) bond motifs is 1. The second kappa shape index (κ2) is 9.65. The van der Waals surface area contributed by atoms with Crippen LogP contribution in [0.2, 0.25) is 5.02 Å². The van der Waals surface area contributed by atoms with E-state index >= 15 is 0 Å². The molecule has 5 rings (SSSR count). The zero-order valence-corrected chi connectivity index (χ0v) is 21.6. The average Bonchev–Trinajstić information content (AvgIpc) is 2.90. The molecule has 8 heteroatoms. The third-order valence-corrected chi connectivity index (χ3v) is 9.21. The van der Waals surface area contributed by atoms with Gasteiger partial charge in [-0.2, -0.15) is 4.31 Å². The number of halogens is 1. The predicted molar refractivity (Wildman–Crippen MR) is 142 cm³/mol. The van der Waals surface area contributed by atoms with Gasteiger partial charge in [-0.05, 0) is 84.3 Å². The van der Waals surface area contributed by atoms with Gasteiger partial charge in [0.05, 0.1) is 4.90 Å². The Morgan fingerprint density at radius 2 is 1.47 bits per heavy atom. The van der Waals surface area contributed by atoms with Crippen LogP contribution in [0.15, 0.2) is 90.1 Å². The first-order valence-electron chi connectivity index (χ1n) is 11.8. The molecule has 1 aromatic heterocycles. The predicted octanol–water partition coefficient (Wildman–Crippen LogP) is 5.48. The van der Waals surface area contributed by atoms with Crippen molar-refractivity contribution in [2.45, 2.75) is 30.8 Å². The van der Waals surface area contributed by atoms with Gasteiger partial charge in [0.1, 0.15) is 0 Å². The summed E-state index contributed by atoms with van der Waals surface area (Å²) in [7, 11) is -3.74. The van der Waals surface area contributed by atoms with E-state index in [1.165, 1.54) is 4.31 Å². The van der Waals surface area contributed by atoms with Gasteiger partial charge in [-0.15, -0.1) is 0 Å². The van der Waals surface area contributed by atoms with Crippen molar-refractivity contribution in [1.82, 2.24) is 14.2 Å². The third-order valence-electron chi connectivity index (χ3n) is 6.99. The molecule has 1 aliphatic heterocycles. The Labute approximate surface area is 216 Å². The Balaban J connectivity index is 1.34. The molecule has 0 N–H and O–H groups in total. The molecule has 0 aliphatic carbocycles. The molecule has 0 saturated carbocycles. The van der Waals surface area contributed by atoms with Crippen LogP contribution in [0.3, 0.4) is 0 Å². The fraction of sp³-hybridized carbons (Fsp3) is 0.214. The van der Waals surface area contributed by atoms with Crippen molar-refractivity contribution < 1.29 is 13.2 Å². The molecule has 6 nitrogen and oxygen atoms in total. The van der Waals surface area contributed by atoms with E-state index in [0.29, 0.717) is 17.1 Å². The molecule has 3 aromatic carbocycles. The molecular formula is C28H26ClN3O3S. The van der Waals surface area contributed by atoms with Crippen LogP contribution < -0.4 is 0 Å². The first kappa shape index (κ1) is 24.4. The highest BCUT2D eigenvalue weighted by Crippen LogP contribution is 2.29. The van der Waals surface area contributed by atoms with Crippen LogP contribution in [0.1, 0.15) is 24.2 Å². The van der Waals surface area contributed by atoms with Crippen molar-refractivity contribution in [3.63, 3.8) is 0 Å². The molecule has 2 atom stereocenters. The molecule has 0 bridgehead atoms. The van der Waals surface area contributed by atoms with Gasteiger partial charge in [0.2, 0.25) is 10.0 Å². The summed E-state index contributed by atoms with van der Waals surface area (Å²) >= 11 is 6.06. The average molecular weight is 520 g/mol. The maximum atomic E-state index is 13.6. The van der Waals surface area contributed by atoms with E-state index in [1.54, 1.807) is 41.6 Å². The molecule has 1 saturated heterocycles. The van der Waals surface area contributed by atoms with Crippen molar-refractivity contribution >= 4 is 38.3 Å². The molecule has 2 heterocycles. The van der Waals surface area contributed by atoms with Crippen molar-refractivity contribution in [2.24, 2.45) is 0 Å². The monoisotopic (exact) mass is 519 g/mol. The normalized spacial score (nSPS) is 18.9. The molecule has 0 radical (unpaired) electrons. The quantitative estimate of drug-likeness (QED) is 0.358. The minimum atomic E-state index is -3.74. The Bertz CT molecular complexity index is 1530. The van der Waals surface area contributed by atoms with E-state index in [9.17, 15) is 13.2 Å². The number of nitrogens with zero attached hydrogens (tertiary/aromatic N) is 3. The zero-order valence-electron chi connectivity index (χ0n) is 20.0. The molecule has 1 aliphatic rings. The topological polar surface area (TPSA) is 70.6 Å². The molecule has 4 aromatic rings. The number of pyridine rings is 1. The number of carbonyl (C=O) groups is 1. The van der Waals surface area contributed by atoms with Crippen molar-refractivity contribution in [3.05, 3.63) is 95.8 Å². The van der Waals surface area contributed by atoms with Gasteiger partial charge in [0, 0.05) is 48.2 Å². The van der Waals surface area contributed by atoms with Crippen molar-refractivity contribution in [2.75, 3.05) is 13.1 Å². The Kier molecular flexibility index (Phi) is 6.55. The van der Waals surface area contributed by atoms with Crippen LogP contribution in [0.25, 0.3) is 21.9 Å². The van der Waals surface area contributed by atoms with Crippen LogP contribution in [0.4, 0.5) is 0 Å². The second-order valence-corrected chi connectivity index (χ2v) is 11.4. The lowest BCUT2D eigenvalue weighted by Gasteiger charge is -2.44. The number of hydrogen-bond acceptors (Lipinski definition) is 4. The summed E-state index contributed by atoms with van der Waals surface area (Å²) in [5.74, 6) is -0.102. The highest BCUT2D eigenvalue weighted by molar-refractivity contribution is 7.89. The van der Waals surface area contributed by atoms with Crippen molar-refractivity contribution in [3.8, 4) is 11.1 Å². The minimum Gasteiger partial charge on any atom is -0.333 e. The maximum Gasteiger partial charge on any atom is 0.254 e. The second-order valence-electron chi connectivity index (χ2n) is 9.06. The van der Waals surface area contributed by atoms with Gasteiger partial charge >= 0.3 is 0 Å². The molecule has 2 unspecified atom stereocenters. The summed E-state index contributed by atoms with van der Waals surface area (Å²) in [4.78, 5) is 19.4. The van der Waals surface area contributed by atoms with E-state index in [2.05, 4.69) is 4.98 Å². The molecule has 184 valence electrons. The smallest absolute Gasteiger partial charge is 0.254 e. The fourth-order valence-corrected chi connectivity index (χ4v) is 6.65. The van der Waals surface area contributed by atoms with Crippen LogP contribution in [0, 0.1) is 0 Å². The first-order valence-corrected chi connectivity index (χ1v) is 13.6. The largest absolute Gasteiger partial charge is 0.333 e. The van der Waals surface area contributed by atoms with Crippen LogP contribution in [-0.2, 0) is 10.0 Å². The molecule has 36 heavy (non-hydrogen) atoms. The number of carbonyl (C=O) groups excluding carboxylic acids is 1. The highest BCUT2D eigenvalue weighted by atomic mass is 35.5. The number of sulfonamides is 1. The molecule has 1 amide bonds. The fourth-order valence-electron chi connectivity index (χ4n) is 4.75. The van der Waals surface area contributed by atoms with Gasteiger partial charge in [-0.3, -0.25) is 9.78 Å². The number of hydrogen-bond donors (Lipinski definition) is 0. The van der Waals surface area contributed by atoms with E-state index in [-0.39, 0.29) is 29.4 Å². The standard InChI is InChI=1S/C28H26ClN3O3S/c1-19-20(2)32(36(34,35)27-10-8-24-17-26(29)9-7-25(24)18-27)16-15-31(19)28(33)23-5-3-21(4-6-23)22-11-13-30-14-12-22/h3-14,17-20H,15-16H2,1-2H3. The maximum absolute atomic E-state index is 13.6. The molecule has 1 fully saturated rings. The summed E-state index contributed by atoms with van der Waals surface area (Å²) in [6.07, 6.45) is 3.47. The van der Waals surface area contributed by atoms with Gasteiger partial charge in [0.15, 0.2) is 0 Å². The Morgan fingerprint density at radius 1 is 0.833 bits per heavy atom. The summed E-state index contributed by atoms with van der Waals surface area (Å²) in [6.45, 7) is 4.30. The lowest BCUT2D eigenvalue weighted by atomic mass is 10.0. The van der Waals surface area contributed by atoms with Crippen LogP contribution in [0.5, 0.6) is 0 Å². The summed E-state index contributed by atoms with van der Waals surface area (Å²) in [5, 5.41) is 2.30. The minimum absolute atomic E-state index is 0.102. The van der Waals surface area contributed by atoms with Gasteiger partial charge in [-0.1, -0.05) is 35.9 Å². The van der Waals surface area contributed by atoms with Gasteiger partial charge < -0.3 is 4.90 Å². The van der Waals surface area contributed by atoms with E-state index in [1.807, 2.05) is 62.4 Å². The number of rotatable bonds is 4. The van der Waals surface area contributed by atoms with Crippen LogP contribution in [-0.4, -0.2) is 53.7 Å². The number of aromatic nitrogens is 1. The lowest BCUT2D eigenvalue weighted by Crippen LogP contribution is -2.60. The first-order chi connectivity index (χ1) is 17.3. The number of amides is 1. The Hall–Kier alpha value is -3.26. The third kappa shape index (κ3) is 4.50. The Morgan fingerprint density at radius 3 is 2.19 bits per heavy atom. The van der Waals surface area contributed by atoms with E-state index in [4.69, 9.17) is 11.6 Å². The summed E-state index contributed by atoms with van der Waals surface area (Å²) in [5.41, 5.74) is 2.61. The number of piperazine rings is 1. The van der Waals surface area contributed by atoms with Crippen molar-refractivity contribution in [1.29, 1.82) is 0 Å². The highest BCUT2D eigenvalue weighted by Gasteiger charge is 2.40. The molecule has 0 spiro atoms. The lowest BCUT2D eigenvalue weighted by molar-refractivity contribution is 0.0482. The SMILES string of the molecule is CC1C(C)N(S(=O)(=O)c2ccc3cc(Cl)ccc3c2)CCN1C(=O)c1ccc(-c2ccncc2)cc1. The van der Waals surface area contributed by atoms with Gasteiger partial charge in [-0.25, -0.2) is 8.42 Å².